The fourth-order valence-electron chi connectivity index (χ4n) is 7.59. The first-order valence-electron chi connectivity index (χ1n) is 15.5. The van der Waals surface area contributed by atoms with Crippen LogP contribution in [0.15, 0.2) is 30.5 Å². The SMILES string of the molecule is CCc1c(F)ccc2cc(O)cc(-c3ncc4c(N5CCOC(CO)C5)nc(OC[C@@]56CCCN5C[C@H](C)C6)nc4c3F)c12. The Hall–Kier alpha value is -3.67. The molecule has 2 aromatic heterocycles. The molecule has 0 aliphatic carbocycles. The van der Waals surface area contributed by atoms with Gasteiger partial charge in [-0.25, -0.2) is 8.78 Å². The van der Waals surface area contributed by atoms with E-state index in [2.05, 4.69) is 21.8 Å². The van der Waals surface area contributed by atoms with E-state index in [0.29, 0.717) is 66.2 Å². The zero-order valence-corrected chi connectivity index (χ0v) is 25.0. The molecule has 11 heteroatoms. The van der Waals surface area contributed by atoms with Crippen molar-refractivity contribution >= 4 is 27.5 Å². The molecule has 1 unspecified atom stereocenters. The lowest BCUT2D eigenvalue weighted by molar-refractivity contribution is 0.00339. The van der Waals surface area contributed by atoms with Gasteiger partial charge in [-0.3, -0.25) is 9.88 Å². The van der Waals surface area contributed by atoms with Gasteiger partial charge in [0.05, 0.1) is 30.2 Å². The number of pyridine rings is 1. The van der Waals surface area contributed by atoms with Crippen LogP contribution in [0.3, 0.4) is 0 Å². The molecule has 5 heterocycles. The molecule has 0 saturated carbocycles. The van der Waals surface area contributed by atoms with Crippen molar-refractivity contribution in [2.75, 3.05) is 50.9 Å². The average Bonchev–Trinajstić information content (AvgIpc) is 3.55. The lowest BCUT2D eigenvalue weighted by Crippen LogP contribution is -2.45. The Morgan fingerprint density at radius 3 is 2.84 bits per heavy atom. The number of phenolic OH excluding ortho intramolecular Hbond substituents is 1. The van der Waals surface area contributed by atoms with Crippen LogP contribution in [0.1, 0.15) is 38.7 Å². The maximum absolute atomic E-state index is 16.8. The van der Waals surface area contributed by atoms with E-state index in [-0.39, 0.29) is 40.7 Å². The number of phenols is 1. The summed E-state index contributed by atoms with van der Waals surface area (Å²) in [5.74, 6) is -0.176. The van der Waals surface area contributed by atoms with Gasteiger partial charge in [0.1, 0.15) is 35.2 Å². The number of ether oxygens (including phenoxy) is 2. The number of anilines is 1. The van der Waals surface area contributed by atoms with Crippen molar-refractivity contribution < 1.29 is 28.5 Å². The number of benzene rings is 2. The number of morpholine rings is 1. The second-order valence-corrected chi connectivity index (χ2v) is 12.5. The summed E-state index contributed by atoms with van der Waals surface area (Å²) in [4.78, 5) is 18.3. The van der Waals surface area contributed by atoms with Crippen molar-refractivity contribution in [3.05, 3.63) is 47.7 Å². The molecule has 0 amide bonds. The predicted octanol–water partition coefficient (Wildman–Crippen LogP) is 4.84. The number of fused-ring (bicyclic) bond motifs is 3. The molecule has 0 radical (unpaired) electrons. The molecule has 4 aromatic rings. The number of aromatic nitrogens is 3. The van der Waals surface area contributed by atoms with E-state index >= 15 is 4.39 Å². The molecule has 3 aliphatic heterocycles. The summed E-state index contributed by atoms with van der Waals surface area (Å²) in [6.07, 6.45) is 4.65. The molecule has 2 N–H and O–H groups in total. The third-order valence-corrected chi connectivity index (χ3v) is 9.52. The van der Waals surface area contributed by atoms with Crippen LogP contribution in [0, 0.1) is 17.6 Å². The lowest BCUT2D eigenvalue weighted by Gasteiger charge is -2.34. The molecule has 9 nitrogen and oxygen atoms in total. The minimum atomic E-state index is -0.712. The number of hydrogen-bond acceptors (Lipinski definition) is 9. The summed E-state index contributed by atoms with van der Waals surface area (Å²) in [5, 5.41) is 21.8. The quantitative estimate of drug-likeness (QED) is 0.306. The smallest absolute Gasteiger partial charge is 0.319 e. The van der Waals surface area contributed by atoms with Crippen molar-refractivity contribution in [1.29, 1.82) is 0 Å². The van der Waals surface area contributed by atoms with Crippen LogP contribution in [0.4, 0.5) is 14.6 Å². The van der Waals surface area contributed by atoms with Crippen molar-refractivity contribution in [2.45, 2.75) is 51.2 Å². The van der Waals surface area contributed by atoms with Crippen molar-refractivity contribution in [3.8, 4) is 23.0 Å². The third-order valence-electron chi connectivity index (χ3n) is 9.52. The summed E-state index contributed by atoms with van der Waals surface area (Å²) in [6, 6.07) is 5.95. The molecule has 3 saturated heterocycles. The zero-order valence-electron chi connectivity index (χ0n) is 25.0. The average molecular weight is 606 g/mol. The number of aromatic hydroxyl groups is 1. The van der Waals surface area contributed by atoms with Crippen LogP contribution >= 0.6 is 0 Å². The first kappa shape index (κ1) is 29.1. The van der Waals surface area contributed by atoms with Gasteiger partial charge in [0, 0.05) is 31.4 Å². The standard InChI is InChI=1S/C33H37F2N5O4/c1-3-23-26(34)6-5-20-11-21(42)12-24(27(20)23)29-28(35)30-25(14-36-29)31(39-9-10-43-22(16-39)17-41)38-32(37-30)44-18-33-7-4-8-40(33)15-19(2)13-33/h5-6,11-12,14,19,22,41-42H,3-4,7-10,13,15-18H2,1-2H3/t19-,22?,33+/m1/s1. The highest BCUT2D eigenvalue weighted by molar-refractivity contribution is 6.01. The molecule has 44 heavy (non-hydrogen) atoms. The van der Waals surface area contributed by atoms with Crippen molar-refractivity contribution in [3.63, 3.8) is 0 Å². The van der Waals surface area contributed by atoms with E-state index in [4.69, 9.17) is 14.5 Å². The summed E-state index contributed by atoms with van der Waals surface area (Å²) in [5.41, 5.74) is 0.594. The molecule has 3 fully saturated rings. The lowest BCUT2D eigenvalue weighted by atomic mass is 9.92. The summed E-state index contributed by atoms with van der Waals surface area (Å²) in [7, 11) is 0. The molecule has 2 aromatic carbocycles. The van der Waals surface area contributed by atoms with Crippen molar-refractivity contribution in [2.24, 2.45) is 5.92 Å². The van der Waals surface area contributed by atoms with Crippen LogP contribution in [-0.2, 0) is 11.2 Å². The van der Waals surface area contributed by atoms with Gasteiger partial charge in [0.2, 0.25) is 0 Å². The monoisotopic (exact) mass is 605 g/mol. The first-order chi connectivity index (χ1) is 21.3. The highest BCUT2D eigenvalue weighted by atomic mass is 19.1. The normalized spacial score (nSPS) is 24.0. The Morgan fingerprint density at radius 2 is 2.02 bits per heavy atom. The highest BCUT2D eigenvalue weighted by Gasteiger charge is 2.47. The largest absolute Gasteiger partial charge is 0.508 e. The Labute approximate surface area is 254 Å². The number of hydrogen-bond donors (Lipinski definition) is 2. The fraction of sp³-hybridized carbons (Fsp3) is 0.485. The van der Waals surface area contributed by atoms with Crippen LogP contribution < -0.4 is 9.64 Å². The second-order valence-electron chi connectivity index (χ2n) is 12.5. The van der Waals surface area contributed by atoms with Gasteiger partial charge >= 0.3 is 6.01 Å². The van der Waals surface area contributed by atoms with Gasteiger partial charge in [-0.2, -0.15) is 9.97 Å². The summed E-state index contributed by atoms with van der Waals surface area (Å²) >= 11 is 0. The number of aliphatic hydroxyl groups excluding tert-OH is 1. The Bertz CT molecular complexity index is 1740. The van der Waals surface area contributed by atoms with Gasteiger partial charge in [-0.05, 0) is 72.7 Å². The maximum Gasteiger partial charge on any atom is 0.319 e. The number of aryl methyl sites for hydroxylation is 1. The Balaban J connectivity index is 1.37. The Morgan fingerprint density at radius 1 is 1.16 bits per heavy atom. The number of rotatable bonds is 7. The molecule has 0 bridgehead atoms. The van der Waals surface area contributed by atoms with E-state index < -0.39 is 17.7 Å². The summed E-state index contributed by atoms with van der Waals surface area (Å²) in [6.45, 7) is 7.62. The van der Waals surface area contributed by atoms with Crippen LogP contribution in [0.25, 0.3) is 32.9 Å². The molecule has 3 atom stereocenters. The number of aliphatic hydroxyl groups is 1. The van der Waals surface area contributed by atoms with E-state index in [9.17, 15) is 14.6 Å². The van der Waals surface area contributed by atoms with Gasteiger partial charge in [0.25, 0.3) is 0 Å². The topological polar surface area (TPSA) is 104 Å². The van der Waals surface area contributed by atoms with E-state index in [1.165, 1.54) is 24.4 Å². The zero-order chi connectivity index (χ0) is 30.6. The Kier molecular flexibility index (Phi) is 7.50. The molecule has 232 valence electrons. The summed E-state index contributed by atoms with van der Waals surface area (Å²) < 4.78 is 43.7. The van der Waals surface area contributed by atoms with Crippen LogP contribution in [0.2, 0.25) is 0 Å². The third kappa shape index (κ3) is 4.91. The van der Waals surface area contributed by atoms with E-state index in [1.807, 2.05) is 11.8 Å². The van der Waals surface area contributed by atoms with Crippen LogP contribution in [-0.4, -0.2) is 87.7 Å². The first-order valence-corrected chi connectivity index (χ1v) is 15.5. The fourth-order valence-corrected chi connectivity index (χ4v) is 7.59. The van der Waals surface area contributed by atoms with Crippen molar-refractivity contribution in [1.82, 2.24) is 19.9 Å². The molecule has 0 spiro atoms. The van der Waals surface area contributed by atoms with E-state index in [0.717, 1.165) is 32.4 Å². The highest BCUT2D eigenvalue weighted by Crippen LogP contribution is 2.42. The molecular weight excluding hydrogens is 568 g/mol. The maximum atomic E-state index is 16.8. The van der Waals surface area contributed by atoms with E-state index in [1.54, 1.807) is 6.07 Å². The molecule has 3 aliphatic rings. The van der Waals surface area contributed by atoms with Gasteiger partial charge in [-0.1, -0.05) is 19.9 Å². The minimum Gasteiger partial charge on any atom is -0.508 e. The van der Waals surface area contributed by atoms with Crippen LogP contribution in [0.5, 0.6) is 11.8 Å². The number of halogens is 2. The van der Waals surface area contributed by atoms with Gasteiger partial charge in [0.15, 0.2) is 5.82 Å². The van der Waals surface area contributed by atoms with Gasteiger partial charge < -0.3 is 24.6 Å². The van der Waals surface area contributed by atoms with Gasteiger partial charge in [-0.15, -0.1) is 0 Å². The second kappa shape index (κ2) is 11.4. The predicted molar refractivity (Wildman–Crippen MR) is 163 cm³/mol. The number of nitrogens with zero attached hydrogens (tertiary/aromatic N) is 5. The molecular formula is C33H37F2N5O4. The molecule has 7 rings (SSSR count). The minimum absolute atomic E-state index is 0.0218.